The lowest BCUT2D eigenvalue weighted by molar-refractivity contribution is -0.137. The number of amides is 1. The van der Waals surface area contributed by atoms with Gasteiger partial charge in [0.25, 0.3) is 0 Å². The van der Waals surface area contributed by atoms with Crippen LogP contribution >= 0.6 is 0 Å². The summed E-state index contributed by atoms with van der Waals surface area (Å²) in [6.07, 6.45) is 1.40. The largest absolute Gasteiger partial charge is 0.444 e. The van der Waals surface area contributed by atoms with Gasteiger partial charge in [0.2, 0.25) is 0 Å². The molecule has 134 valence electrons. The summed E-state index contributed by atoms with van der Waals surface area (Å²) >= 11 is 0. The lowest BCUT2D eigenvalue weighted by Gasteiger charge is -2.28. The molecule has 0 spiro atoms. The normalized spacial score (nSPS) is 16.6. The number of rotatable bonds is 3. The monoisotopic (exact) mass is 359 g/mol. The van der Waals surface area contributed by atoms with Gasteiger partial charge < -0.3 is 4.74 Å². The number of alkyl halides is 3. The fourth-order valence-electron chi connectivity index (χ4n) is 2.64. The molecule has 1 heterocycles. The summed E-state index contributed by atoms with van der Waals surface area (Å²) in [6, 6.07) is 13.4. The van der Waals surface area contributed by atoms with Gasteiger partial charge in [-0.3, -0.25) is 4.90 Å². The number of hydrogen-bond donors (Lipinski definition) is 0. The Bertz CT molecular complexity index is 828. The highest BCUT2D eigenvalue weighted by Gasteiger charge is 2.32. The third kappa shape index (κ3) is 4.14. The number of carbonyl (C=O) groups excluding carboxylic acids is 1. The molecule has 26 heavy (non-hydrogen) atoms. The molecule has 0 bridgehead atoms. The Morgan fingerprint density at radius 2 is 1.81 bits per heavy atom. The van der Waals surface area contributed by atoms with Crippen molar-refractivity contribution >= 4 is 6.09 Å². The second-order valence-electron chi connectivity index (χ2n) is 5.74. The van der Waals surface area contributed by atoms with E-state index in [-0.39, 0.29) is 6.61 Å². The molecule has 1 aliphatic rings. The lowest BCUT2D eigenvalue weighted by Crippen LogP contribution is -2.31. The van der Waals surface area contributed by atoms with Crippen LogP contribution in [-0.4, -0.2) is 11.0 Å². The van der Waals surface area contributed by atoms with Crippen molar-refractivity contribution in [2.75, 3.05) is 0 Å². The maximum atomic E-state index is 13.0. The van der Waals surface area contributed by atoms with Crippen molar-refractivity contribution in [2.24, 2.45) is 0 Å². The standard InChI is InChI=1S/C20H16F3NO2/c21-20(22,23)17-10-6-9-16(13-17)18-11-4-5-12-24(18)19(25)26-14-15-7-2-1-3-8-15/h1-13,18H,14H2/t18-/m0/s1. The predicted molar refractivity (Wildman–Crippen MR) is 90.9 cm³/mol. The fraction of sp³-hybridized carbons (Fsp3) is 0.150. The number of allylic oxidation sites excluding steroid dienone is 2. The molecule has 2 aromatic carbocycles. The zero-order valence-corrected chi connectivity index (χ0v) is 13.7. The van der Waals surface area contributed by atoms with E-state index in [0.29, 0.717) is 5.56 Å². The number of halogens is 3. The van der Waals surface area contributed by atoms with Gasteiger partial charge >= 0.3 is 12.3 Å². The number of carbonyl (C=O) groups is 1. The minimum absolute atomic E-state index is 0.0863. The van der Waals surface area contributed by atoms with E-state index in [0.717, 1.165) is 17.7 Å². The topological polar surface area (TPSA) is 29.5 Å². The lowest BCUT2D eigenvalue weighted by atomic mass is 10.0. The van der Waals surface area contributed by atoms with Crippen LogP contribution < -0.4 is 0 Å². The van der Waals surface area contributed by atoms with Gasteiger partial charge in [-0.2, -0.15) is 13.2 Å². The van der Waals surface area contributed by atoms with Crippen molar-refractivity contribution in [3.63, 3.8) is 0 Å². The van der Waals surface area contributed by atoms with Gasteiger partial charge in [-0.05, 0) is 29.3 Å². The van der Waals surface area contributed by atoms with Gasteiger partial charge in [0.15, 0.2) is 0 Å². The summed E-state index contributed by atoms with van der Waals surface area (Å²) in [6.45, 7) is 0.0863. The molecule has 3 nitrogen and oxygen atoms in total. The van der Waals surface area contributed by atoms with Gasteiger partial charge in [0.1, 0.15) is 6.61 Å². The maximum Gasteiger partial charge on any atom is 0.416 e. The summed E-state index contributed by atoms with van der Waals surface area (Å²) in [4.78, 5) is 13.7. The average molecular weight is 359 g/mol. The first kappa shape index (κ1) is 17.8. The second-order valence-corrected chi connectivity index (χ2v) is 5.74. The van der Waals surface area contributed by atoms with Crippen molar-refractivity contribution in [2.45, 2.75) is 18.8 Å². The zero-order valence-electron chi connectivity index (χ0n) is 13.7. The summed E-state index contributed by atoms with van der Waals surface area (Å²) in [5, 5.41) is 0. The van der Waals surface area contributed by atoms with Gasteiger partial charge in [-0.1, -0.05) is 54.6 Å². The molecule has 0 fully saturated rings. The van der Waals surface area contributed by atoms with E-state index in [1.807, 2.05) is 30.3 Å². The molecule has 2 aromatic rings. The van der Waals surface area contributed by atoms with E-state index < -0.39 is 23.9 Å². The first-order valence-electron chi connectivity index (χ1n) is 7.96. The minimum Gasteiger partial charge on any atom is -0.444 e. The van der Waals surface area contributed by atoms with Crippen molar-refractivity contribution in [3.8, 4) is 0 Å². The third-order valence-corrected chi connectivity index (χ3v) is 3.92. The number of ether oxygens (including phenoxy) is 1. The Balaban J connectivity index is 1.77. The van der Waals surface area contributed by atoms with Crippen molar-refractivity contribution < 1.29 is 22.7 Å². The van der Waals surface area contributed by atoms with E-state index in [4.69, 9.17) is 4.74 Å². The Labute approximate surface area is 149 Å². The number of hydrogen-bond acceptors (Lipinski definition) is 2. The van der Waals surface area contributed by atoms with Gasteiger partial charge in [0.05, 0.1) is 11.6 Å². The van der Waals surface area contributed by atoms with Crippen LogP contribution in [0, 0.1) is 0 Å². The fourth-order valence-corrected chi connectivity index (χ4v) is 2.64. The predicted octanol–water partition coefficient (Wildman–Crippen LogP) is 5.47. The number of benzene rings is 2. The Morgan fingerprint density at radius 1 is 1.04 bits per heavy atom. The smallest absolute Gasteiger partial charge is 0.416 e. The Hall–Kier alpha value is -3.02. The van der Waals surface area contributed by atoms with Crippen LogP contribution in [0.2, 0.25) is 0 Å². The zero-order chi connectivity index (χ0) is 18.6. The molecule has 1 aliphatic heterocycles. The summed E-state index contributed by atoms with van der Waals surface area (Å²) in [5.74, 6) is 0. The molecule has 0 aliphatic carbocycles. The van der Waals surface area contributed by atoms with Crippen LogP contribution in [0.15, 0.2) is 79.0 Å². The van der Waals surface area contributed by atoms with E-state index in [1.54, 1.807) is 24.3 Å². The van der Waals surface area contributed by atoms with E-state index in [1.165, 1.54) is 17.2 Å². The first-order valence-corrected chi connectivity index (χ1v) is 7.96. The highest BCUT2D eigenvalue weighted by molar-refractivity contribution is 5.70. The van der Waals surface area contributed by atoms with Gasteiger partial charge in [-0.25, -0.2) is 4.79 Å². The molecular formula is C20H16F3NO2. The quantitative estimate of drug-likeness (QED) is 0.727. The SMILES string of the molecule is O=C(OCc1ccccc1)N1C=CC=C[C@H]1c1cccc(C(F)(F)F)c1. The van der Waals surface area contributed by atoms with E-state index in [2.05, 4.69) is 0 Å². The van der Waals surface area contributed by atoms with Crippen LogP contribution in [-0.2, 0) is 17.5 Å². The molecule has 0 aromatic heterocycles. The third-order valence-electron chi connectivity index (χ3n) is 3.92. The van der Waals surface area contributed by atoms with Crippen molar-refractivity contribution in [1.29, 1.82) is 0 Å². The molecule has 0 unspecified atom stereocenters. The highest BCUT2D eigenvalue weighted by Crippen LogP contribution is 2.33. The molecule has 1 amide bonds. The molecule has 0 N–H and O–H groups in total. The molecular weight excluding hydrogens is 343 g/mol. The van der Waals surface area contributed by atoms with Crippen LogP contribution in [0.25, 0.3) is 0 Å². The van der Waals surface area contributed by atoms with Gasteiger partial charge in [-0.15, -0.1) is 0 Å². The molecule has 1 atom stereocenters. The van der Waals surface area contributed by atoms with E-state index in [9.17, 15) is 18.0 Å². The van der Waals surface area contributed by atoms with Crippen LogP contribution in [0.1, 0.15) is 22.7 Å². The van der Waals surface area contributed by atoms with Crippen molar-refractivity contribution in [1.82, 2.24) is 4.90 Å². The molecule has 6 heteroatoms. The summed E-state index contributed by atoms with van der Waals surface area (Å²) in [7, 11) is 0. The molecule has 3 rings (SSSR count). The summed E-state index contributed by atoms with van der Waals surface area (Å²) < 4.78 is 44.2. The molecule has 0 saturated heterocycles. The van der Waals surface area contributed by atoms with Crippen LogP contribution in [0.3, 0.4) is 0 Å². The van der Waals surface area contributed by atoms with Gasteiger partial charge in [0, 0.05) is 6.20 Å². The maximum absolute atomic E-state index is 13.0. The Morgan fingerprint density at radius 3 is 2.54 bits per heavy atom. The second kappa shape index (κ2) is 7.47. The highest BCUT2D eigenvalue weighted by atomic mass is 19.4. The van der Waals surface area contributed by atoms with Crippen molar-refractivity contribution in [3.05, 3.63) is 95.7 Å². The minimum atomic E-state index is -4.44. The van der Waals surface area contributed by atoms with E-state index >= 15 is 0 Å². The summed E-state index contributed by atoms with van der Waals surface area (Å²) in [5.41, 5.74) is 0.431. The van der Waals surface area contributed by atoms with Crippen LogP contribution in [0.5, 0.6) is 0 Å². The first-order chi connectivity index (χ1) is 12.4. The number of nitrogens with zero attached hydrogens (tertiary/aromatic N) is 1. The molecule has 0 saturated carbocycles. The average Bonchev–Trinajstić information content (AvgIpc) is 2.66. The van der Waals surface area contributed by atoms with Crippen LogP contribution in [0.4, 0.5) is 18.0 Å². The molecule has 0 radical (unpaired) electrons. The Kier molecular flexibility index (Phi) is 5.11.